The Balaban J connectivity index is 0.000000386. The Hall–Kier alpha value is -4.77. The molecule has 0 atom stereocenters. The lowest BCUT2D eigenvalue weighted by Crippen LogP contribution is -2.41. The Labute approximate surface area is 224 Å². The molecule has 3 saturated heterocycles. The number of aromatic nitrogens is 1. The van der Waals surface area contributed by atoms with E-state index in [9.17, 15) is 19.2 Å². The number of pyridine rings is 1. The predicted octanol–water partition coefficient (Wildman–Crippen LogP) is 3.23. The fourth-order valence-corrected chi connectivity index (χ4v) is 4.47. The van der Waals surface area contributed by atoms with Crippen LogP contribution in [-0.4, -0.2) is 81.0 Å². The molecule has 11 heteroatoms. The lowest BCUT2D eigenvalue weighted by molar-refractivity contribution is -0.134. The zero-order valence-corrected chi connectivity index (χ0v) is 21.0. The molecular formula is C28H28N4O7. The van der Waals surface area contributed by atoms with E-state index in [0.717, 1.165) is 44.6 Å². The zero-order chi connectivity index (χ0) is 27.8. The van der Waals surface area contributed by atoms with Gasteiger partial charge in [0.1, 0.15) is 5.76 Å². The summed E-state index contributed by atoms with van der Waals surface area (Å²) in [6.07, 6.45) is 6.35. The van der Waals surface area contributed by atoms with Crippen molar-refractivity contribution in [3.63, 3.8) is 0 Å². The third-order valence-electron chi connectivity index (χ3n) is 6.47. The monoisotopic (exact) mass is 532 g/mol. The summed E-state index contributed by atoms with van der Waals surface area (Å²) >= 11 is 0. The fourth-order valence-electron chi connectivity index (χ4n) is 4.47. The van der Waals surface area contributed by atoms with Crippen LogP contribution in [0.15, 0.2) is 77.5 Å². The SMILES string of the molecule is O=C(Nc1ccc(-c2ccc(C(=O)N3CCN4CCC3CC4)o2)cc1)c1ccncc1.O=C(O)/C=C/C(=O)O. The van der Waals surface area contributed by atoms with Crippen molar-refractivity contribution >= 4 is 29.4 Å². The van der Waals surface area contributed by atoms with Crippen LogP contribution in [0.25, 0.3) is 11.3 Å². The molecule has 3 aromatic rings. The molecule has 3 aliphatic heterocycles. The highest BCUT2D eigenvalue weighted by Gasteiger charge is 2.33. The van der Waals surface area contributed by atoms with Gasteiger partial charge >= 0.3 is 11.9 Å². The number of carboxylic acids is 2. The number of carbonyl (C=O) groups excluding carboxylic acids is 2. The molecule has 2 bridgehead atoms. The van der Waals surface area contributed by atoms with E-state index in [1.807, 2.05) is 35.2 Å². The van der Waals surface area contributed by atoms with Crippen molar-refractivity contribution in [2.24, 2.45) is 0 Å². The Morgan fingerprint density at radius 3 is 2.10 bits per heavy atom. The molecule has 0 saturated carbocycles. The molecule has 202 valence electrons. The van der Waals surface area contributed by atoms with E-state index in [4.69, 9.17) is 14.6 Å². The summed E-state index contributed by atoms with van der Waals surface area (Å²) in [5.41, 5.74) is 2.08. The summed E-state index contributed by atoms with van der Waals surface area (Å²) in [5, 5.41) is 18.5. The van der Waals surface area contributed by atoms with Crippen molar-refractivity contribution in [2.75, 3.05) is 31.5 Å². The van der Waals surface area contributed by atoms with E-state index in [2.05, 4.69) is 15.2 Å². The van der Waals surface area contributed by atoms with Gasteiger partial charge in [0.15, 0.2) is 5.76 Å². The van der Waals surface area contributed by atoms with Crippen LogP contribution >= 0.6 is 0 Å². The molecule has 0 spiro atoms. The predicted molar refractivity (Wildman–Crippen MR) is 141 cm³/mol. The first kappa shape index (κ1) is 27.3. The van der Waals surface area contributed by atoms with Crippen LogP contribution < -0.4 is 5.32 Å². The number of anilines is 1. The standard InChI is InChI=1S/C24H24N4O3.C4H4O4/c29-23(18-7-11-25-12-8-18)26-19-3-1-17(2-4-19)21-5-6-22(31-21)24(30)28-16-15-27-13-9-20(28)10-14-27;5-3(6)1-2-4(7)8/h1-8,11-12,20H,9-10,13-16H2,(H,26,29);1-2H,(H,5,6)(H,7,8)/b;2-1+. The van der Waals surface area contributed by atoms with E-state index < -0.39 is 11.9 Å². The maximum absolute atomic E-state index is 13.1. The number of rotatable bonds is 6. The first-order chi connectivity index (χ1) is 18.8. The van der Waals surface area contributed by atoms with Crippen molar-refractivity contribution < 1.29 is 33.8 Å². The highest BCUT2D eigenvalue weighted by molar-refractivity contribution is 6.04. The van der Waals surface area contributed by atoms with E-state index in [1.165, 1.54) is 0 Å². The normalized spacial score (nSPS) is 18.1. The van der Waals surface area contributed by atoms with Gasteiger partial charge < -0.3 is 29.7 Å². The molecule has 1 aromatic carbocycles. The molecule has 2 amide bonds. The van der Waals surface area contributed by atoms with Crippen LogP contribution in [0.5, 0.6) is 0 Å². The summed E-state index contributed by atoms with van der Waals surface area (Å²) in [4.78, 5) is 52.8. The van der Waals surface area contributed by atoms with Gasteiger partial charge in [0.2, 0.25) is 0 Å². The Morgan fingerprint density at radius 2 is 1.49 bits per heavy atom. The Bertz CT molecular complexity index is 1330. The molecular weight excluding hydrogens is 504 g/mol. The van der Waals surface area contributed by atoms with E-state index >= 15 is 0 Å². The Morgan fingerprint density at radius 1 is 0.846 bits per heavy atom. The number of benzene rings is 1. The van der Waals surface area contributed by atoms with E-state index in [-0.39, 0.29) is 11.8 Å². The smallest absolute Gasteiger partial charge is 0.328 e. The summed E-state index contributed by atoms with van der Waals surface area (Å²) in [6, 6.07) is 14.6. The van der Waals surface area contributed by atoms with Gasteiger partial charge in [0.05, 0.1) is 0 Å². The van der Waals surface area contributed by atoms with Gasteiger partial charge in [0, 0.05) is 73.6 Å². The quantitative estimate of drug-likeness (QED) is 0.406. The number of furan rings is 1. The average Bonchev–Trinajstić information content (AvgIpc) is 3.25. The van der Waals surface area contributed by atoms with Crippen molar-refractivity contribution in [1.29, 1.82) is 0 Å². The van der Waals surface area contributed by atoms with Gasteiger partial charge in [0.25, 0.3) is 11.8 Å². The van der Waals surface area contributed by atoms with Crippen LogP contribution in [0.3, 0.4) is 0 Å². The van der Waals surface area contributed by atoms with Crippen LogP contribution in [0.1, 0.15) is 33.8 Å². The molecule has 3 fully saturated rings. The second-order valence-electron chi connectivity index (χ2n) is 9.01. The lowest BCUT2D eigenvalue weighted by Gasteiger charge is -2.30. The van der Waals surface area contributed by atoms with Gasteiger partial charge in [-0.15, -0.1) is 0 Å². The minimum Gasteiger partial charge on any atom is -0.478 e. The van der Waals surface area contributed by atoms with Crippen molar-refractivity contribution in [2.45, 2.75) is 18.9 Å². The van der Waals surface area contributed by atoms with Crippen molar-refractivity contribution in [1.82, 2.24) is 14.8 Å². The van der Waals surface area contributed by atoms with Gasteiger partial charge in [-0.2, -0.15) is 0 Å². The molecule has 6 rings (SSSR count). The number of hydrogen-bond acceptors (Lipinski definition) is 7. The number of carboxylic acid groups (broad SMARTS) is 2. The molecule has 3 N–H and O–H groups in total. The van der Waals surface area contributed by atoms with Gasteiger partial charge in [-0.3, -0.25) is 14.6 Å². The molecule has 5 heterocycles. The van der Waals surface area contributed by atoms with Gasteiger partial charge in [-0.1, -0.05) is 0 Å². The Kier molecular flexibility index (Phi) is 8.85. The first-order valence-electron chi connectivity index (χ1n) is 12.4. The molecule has 0 aliphatic carbocycles. The van der Waals surface area contributed by atoms with Crippen LogP contribution in [0.2, 0.25) is 0 Å². The molecule has 2 aromatic heterocycles. The lowest BCUT2D eigenvalue weighted by atomic mass is 10.1. The van der Waals surface area contributed by atoms with Crippen LogP contribution in [0.4, 0.5) is 5.69 Å². The first-order valence-corrected chi connectivity index (χ1v) is 12.4. The molecule has 0 unspecified atom stereocenters. The molecule has 0 radical (unpaired) electrons. The fraction of sp³-hybridized carbons (Fsp3) is 0.250. The van der Waals surface area contributed by atoms with Crippen molar-refractivity contribution in [3.05, 3.63) is 84.4 Å². The van der Waals surface area contributed by atoms with Gasteiger partial charge in [-0.05, 0) is 61.4 Å². The minimum absolute atomic E-state index is 0.0266. The number of carbonyl (C=O) groups is 4. The summed E-state index contributed by atoms with van der Waals surface area (Å²) in [7, 11) is 0. The summed E-state index contributed by atoms with van der Waals surface area (Å²) in [6.45, 7) is 3.83. The maximum atomic E-state index is 13.1. The van der Waals surface area contributed by atoms with Crippen LogP contribution in [-0.2, 0) is 9.59 Å². The highest BCUT2D eigenvalue weighted by Crippen LogP contribution is 2.27. The van der Waals surface area contributed by atoms with Crippen LogP contribution in [0, 0.1) is 0 Å². The third-order valence-corrected chi connectivity index (χ3v) is 6.47. The number of piperidine rings is 1. The number of nitrogens with zero attached hydrogens (tertiary/aromatic N) is 3. The number of aliphatic carboxylic acids is 2. The molecule has 3 aliphatic rings. The zero-order valence-electron chi connectivity index (χ0n) is 21.0. The summed E-state index contributed by atoms with van der Waals surface area (Å²) in [5.74, 6) is -1.71. The second kappa shape index (κ2) is 12.7. The highest BCUT2D eigenvalue weighted by atomic mass is 16.4. The largest absolute Gasteiger partial charge is 0.478 e. The number of nitrogens with one attached hydrogen (secondary N) is 1. The maximum Gasteiger partial charge on any atom is 0.328 e. The summed E-state index contributed by atoms with van der Waals surface area (Å²) < 4.78 is 5.92. The number of hydrogen-bond donors (Lipinski definition) is 3. The van der Waals surface area contributed by atoms with E-state index in [1.54, 1.807) is 30.6 Å². The second-order valence-corrected chi connectivity index (χ2v) is 9.01. The third kappa shape index (κ3) is 7.39. The molecule has 11 nitrogen and oxygen atoms in total. The number of amides is 2. The molecule has 39 heavy (non-hydrogen) atoms. The van der Waals surface area contributed by atoms with Crippen molar-refractivity contribution in [3.8, 4) is 11.3 Å². The van der Waals surface area contributed by atoms with E-state index in [0.29, 0.717) is 41.0 Å². The topological polar surface area (TPSA) is 153 Å². The van der Waals surface area contributed by atoms with Gasteiger partial charge in [-0.25, -0.2) is 9.59 Å². The average molecular weight is 533 g/mol. The minimum atomic E-state index is -1.26. The number of fused-ring (bicyclic) bond motifs is 4.